The molecule has 0 unspecified atom stereocenters. The summed E-state index contributed by atoms with van der Waals surface area (Å²) < 4.78 is 27.7. The number of hydrogen-bond acceptors (Lipinski definition) is 7. The predicted octanol–water partition coefficient (Wildman–Crippen LogP) is 3.13. The van der Waals surface area contributed by atoms with Crippen molar-refractivity contribution in [2.45, 2.75) is 4.90 Å². The monoisotopic (exact) mass is 447 g/mol. The highest BCUT2D eigenvalue weighted by molar-refractivity contribution is 7.92. The summed E-state index contributed by atoms with van der Waals surface area (Å²) >= 11 is 0. The molecule has 0 saturated heterocycles. The number of pyridine rings is 3. The van der Waals surface area contributed by atoms with Gasteiger partial charge in [0.2, 0.25) is 0 Å². The van der Waals surface area contributed by atoms with Gasteiger partial charge in [0, 0.05) is 35.9 Å². The maximum atomic E-state index is 12.7. The molecule has 1 amide bonds. The van der Waals surface area contributed by atoms with E-state index in [9.17, 15) is 13.2 Å². The van der Waals surface area contributed by atoms with Gasteiger partial charge in [0.05, 0.1) is 5.69 Å². The molecule has 160 valence electrons. The zero-order chi connectivity index (χ0) is 22.6. The van der Waals surface area contributed by atoms with Crippen LogP contribution in [0.25, 0.3) is 22.4 Å². The molecule has 4 rings (SSSR count). The van der Waals surface area contributed by atoms with Gasteiger partial charge in [-0.05, 0) is 41.5 Å². The maximum absolute atomic E-state index is 12.7. The average Bonchev–Trinajstić information content (AvgIpc) is 2.84. The van der Waals surface area contributed by atoms with Crippen LogP contribution < -0.4 is 10.2 Å². The number of amides is 1. The molecular formula is C22H17N5O4S. The Morgan fingerprint density at radius 2 is 1.53 bits per heavy atom. The van der Waals surface area contributed by atoms with Gasteiger partial charge in [-0.25, -0.2) is 18.9 Å². The molecule has 0 fully saturated rings. The first-order valence-electron chi connectivity index (χ1n) is 9.36. The van der Waals surface area contributed by atoms with Crippen molar-refractivity contribution in [3.63, 3.8) is 0 Å². The molecule has 1 aromatic carbocycles. The first-order chi connectivity index (χ1) is 15.5. The lowest BCUT2D eigenvalue weighted by Crippen LogP contribution is -2.20. The second kappa shape index (κ2) is 8.92. The third-order valence-corrected chi connectivity index (χ3v) is 5.89. The molecule has 4 aromatic rings. The third kappa shape index (κ3) is 4.61. The highest BCUT2D eigenvalue weighted by atomic mass is 32.2. The topological polar surface area (TPSA) is 134 Å². The van der Waals surface area contributed by atoms with E-state index >= 15 is 0 Å². The summed E-state index contributed by atoms with van der Waals surface area (Å²) in [5, 5.41) is 9.04. The fraction of sp³-hybridized carbons (Fsp3) is 0. The number of hydrogen-bond donors (Lipinski definition) is 3. The standard InChI is InChI=1S/C22H17N5O4S/c28-22(26-29)18-11-20(16-7-5-15(6-8-16)17-3-1-9-23-13-17)25-21(12-18)27-32(30,31)19-4-2-10-24-14-19/h1-14,29H,(H,25,27)(H,26,28). The molecule has 0 radical (unpaired) electrons. The summed E-state index contributed by atoms with van der Waals surface area (Å²) in [5.41, 5.74) is 4.43. The number of sulfonamides is 1. The van der Waals surface area contributed by atoms with E-state index < -0.39 is 15.9 Å². The van der Waals surface area contributed by atoms with Crippen molar-refractivity contribution in [2.24, 2.45) is 0 Å². The van der Waals surface area contributed by atoms with Crippen LogP contribution in [0.15, 0.2) is 90.3 Å². The van der Waals surface area contributed by atoms with Crippen LogP contribution >= 0.6 is 0 Å². The van der Waals surface area contributed by atoms with Crippen LogP contribution in [-0.4, -0.2) is 34.5 Å². The highest BCUT2D eigenvalue weighted by Gasteiger charge is 2.18. The van der Waals surface area contributed by atoms with Gasteiger partial charge < -0.3 is 0 Å². The minimum absolute atomic E-state index is 0.0257. The van der Waals surface area contributed by atoms with E-state index in [1.807, 2.05) is 24.3 Å². The van der Waals surface area contributed by atoms with E-state index in [1.54, 1.807) is 30.0 Å². The lowest BCUT2D eigenvalue weighted by atomic mass is 10.0. The zero-order valence-corrected chi connectivity index (χ0v) is 17.3. The first-order valence-corrected chi connectivity index (χ1v) is 10.8. The van der Waals surface area contributed by atoms with Gasteiger partial charge >= 0.3 is 0 Å². The SMILES string of the molecule is O=C(NO)c1cc(NS(=O)(=O)c2cccnc2)nc(-c2ccc(-c3cccnc3)cc2)c1. The van der Waals surface area contributed by atoms with Gasteiger partial charge in [0.15, 0.2) is 0 Å². The Balaban J connectivity index is 1.72. The lowest BCUT2D eigenvalue weighted by molar-refractivity contribution is 0.0706. The number of hydroxylamine groups is 1. The van der Waals surface area contributed by atoms with Crippen molar-refractivity contribution in [1.29, 1.82) is 0 Å². The van der Waals surface area contributed by atoms with E-state index in [0.29, 0.717) is 11.3 Å². The van der Waals surface area contributed by atoms with Gasteiger partial charge in [0.1, 0.15) is 10.7 Å². The Morgan fingerprint density at radius 1 is 0.844 bits per heavy atom. The molecule has 0 spiro atoms. The molecule has 3 aromatic heterocycles. The largest absolute Gasteiger partial charge is 0.288 e. The number of carbonyl (C=O) groups excluding carboxylic acids is 1. The quantitative estimate of drug-likeness (QED) is 0.305. The lowest BCUT2D eigenvalue weighted by Gasteiger charge is -2.11. The summed E-state index contributed by atoms with van der Waals surface area (Å²) in [5.74, 6) is -0.885. The molecule has 0 bridgehead atoms. The van der Waals surface area contributed by atoms with Gasteiger partial charge in [-0.2, -0.15) is 0 Å². The Bertz CT molecular complexity index is 1350. The van der Waals surface area contributed by atoms with Crippen molar-refractivity contribution in [3.05, 3.63) is 91.0 Å². The van der Waals surface area contributed by atoms with Crippen molar-refractivity contribution in [1.82, 2.24) is 20.4 Å². The Labute approximate surface area is 183 Å². The molecule has 3 heterocycles. The minimum Gasteiger partial charge on any atom is -0.288 e. The fourth-order valence-corrected chi connectivity index (χ4v) is 3.95. The van der Waals surface area contributed by atoms with E-state index in [4.69, 9.17) is 5.21 Å². The summed E-state index contributed by atoms with van der Waals surface area (Å²) in [6.45, 7) is 0. The Kier molecular flexibility index (Phi) is 5.88. The molecule has 32 heavy (non-hydrogen) atoms. The van der Waals surface area contributed by atoms with E-state index in [2.05, 4.69) is 19.7 Å². The number of rotatable bonds is 6. The summed E-state index contributed by atoms with van der Waals surface area (Å²) in [4.78, 5) is 24.2. The van der Waals surface area contributed by atoms with Crippen LogP contribution in [0.2, 0.25) is 0 Å². The molecule has 0 aliphatic rings. The molecule has 0 aliphatic heterocycles. The summed E-state index contributed by atoms with van der Waals surface area (Å²) in [6, 6.07) is 16.7. The van der Waals surface area contributed by atoms with Crippen LogP contribution in [0.3, 0.4) is 0 Å². The van der Waals surface area contributed by atoms with E-state index in [-0.39, 0.29) is 16.3 Å². The zero-order valence-electron chi connectivity index (χ0n) is 16.5. The maximum Gasteiger partial charge on any atom is 0.274 e. The van der Waals surface area contributed by atoms with Gasteiger partial charge in [-0.15, -0.1) is 0 Å². The van der Waals surface area contributed by atoms with Crippen LogP contribution in [0.4, 0.5) is 5.82 Å². The average molecular weight is 447 g/mol. The molecule has 10 heteroatoms. The molecule has 0 atom stereocenters. The second-order valence-electron chi connectivity index (χ2n) is 6.68. The Hall–Kier alpha value is -4.15. The van der Waals surface area contributed by atoms with Gasteiger partial charge in [-0.3, -0.25) is 24.7 Å². The van der Waals surface area contributed by atoms with E-state index in [1.165, 1.54) is 36.7 Å². The molecule has 3 N–H and O–H groups in total. The van der Waals surface area contributed by atoms with Crippen molar-refractivity contribution >= 4 is 21.7 Å². The van der Waals surface area contributed by atoms with Crippen molar-refractivity contribution < 1.29 is 18.4 Å². The number of carbonyl (C=O) groups is 1. The van der Waals surface area contributed by atoms with Gasteiger partial charge in [0.25, 0.3) is 15.9 Å². The summed E-state index contributed by atoms with van der Waals surface area (Å²) in [7, 11) is -3.98. The molecule has 9 nitrogen and oxygen atoms in total. The van der Waals surface area contributed by atoms with Crippen LogP contribution in [0.1, 0.15) is 10.4 Å². The molecule has 0 aliphatic carbocycles. The highest BCUT2D eigenvalue weighted by Crippen LogP contribution is 2.26. The number of nitrogens with zero attached hydrogens (tertiary/aromatic N) is 3. The van der Waals surface area contributed by atoms with E-state index in [0.717, 1.165) is 11.1 Å². The van der Waals surface area contributed by atoms with Crippen molar-refractivity contribution in [3.8, 4) is 22.4 Å². The number of benzene rings is 1. The smallest absolute Gasteiger partial charge is 0.274 e. The number of nitrogens with one attached hydrogen (secondary N) is 2. The molecule has 0 saturated carbocycles. The normalized spacial score (nSPS) is 11.0. The molecular weight excluding hydrogens is 430 g/mol. The Morgan fingerprint density at radius 3 is 2.16 bits per heavy atom. The number of aromatic nitrogens is 3. The van der Waals surface area contributed by atoms with Crippen LogP contribution in [0, 0.1) is 0 Å². The minimum atomic E-state index is -3.98. The third-order valence-electron chi connectivity index (χ3n) is 4.55. The number of anilines is 1. The van der Waals surface area contributed by atoms with Crippen LogP contribution in [0.5, 0.6) is 0 Å². The summed E-state index contributed by atoms with van der Waals surface area (Å²) in [6.07, 6.45) is 6.08. The van der Waals surface area contributed by atoms with Gasteiger partial charge in [-0.1, -0.05) is 30.3 Å². The second-order valence-corrected chi connectivity index (χ2v) is 8.36. The van der Waals surface area contributed by atoms with Crippen molar-refractivity contribution in [2.75, 3.05) is 4.72 Å². The first kappa shape index (κ1) is 21.1. The van der Waals surface area contributed by atoms with Crippen LogP contribution in [-0.2, 0) is 10.0 Å². The predicted molar refractivity (Wildman–Crippen MR) is 117 cm³/mol. The fourth-order valence-electron chi connectivity index (χ4n) is 3.00.